The molecule has 0 spiro atoms. The van der Waals surface area contributed by atoms with E-state index in [0.29, 0.717) is 10.7 Å². The van der Waals surface area contributed by atoms with Crippen LogP contribution in [0.15, 0.2) is 46.9 Å². The Balaban J connectivity index is 2.26. The molecular weight excluding hydrogens is 368 g/mol. The molecular formula is C14H9BrClF2NO2. The number of alkyl halides is 2. The Bertz CT molecular complexity index is 667. The molecule has 3 nitrogen and oxygen atoms in total. The Morgan fingerprint density at radius 1 is 1.24 bits per heavy atom. The van der Waals surface area contributed by atoms with Crippen molar-refractivity contribution in [2.24, 2.45) is 0 Å². The number of carbonyl (C=O) groups is 1. The van der Waals surface area contributed by atoms with E-state index < -0.39 is 12.5 Å². The van der Waals surface area contributed by atoms with Gasteiger partial charge in [0, 0.05) is 4.47 Å². The lowest BCUT2D eigenvalue weighted by atomic mass is 10.2. The first kappa shape index (κ1) is 15.7. The Kier molecular flexibility index (Phi) is 5.14. The fourth-order valence-corrected chi connectivity index (χ4v) is 2.16. The highest BCUT2D eigenvalue weighted by atomic mass is 79.9. The van der Waals surface area contributed by atoms with E-state index in [2.05, 4.69) is 26.0 Å². The van der Waals surface area contributed by atoms with Crippen molar-refractivity contribution in [3.63, 3.8) is 0 Å². The predicted octanol–water partition coefficient (Wildman–Crippen LogP) is 4.96. The number of para-hydroxylation sites is 1. The Morgan fingerprint density at radius 3 is 2.67 bits per heavy atom. The molecule has 0 aliphatic rings. The molecule has 0 aliphatic heterocycles. The fraction of sp³-hybridized carbons (Fsp3) is 0.0714. The molecule has 2 aromatic rings. The molecule has 0 aromatic heterocycles. The number of nitrogens with one attached hydrogen (secondary N) is 1. The molecule has 0 atom stereocenters. The van der Waals surface area contributed by atoms with Crippen LogP contribution in [0.25, 0.3) is 0 Å². The zero-order valence-electron chi connectivity index (χ0n) is 10.4. The molecule has 0 fully saturated rings. The summed E-state index contributed by atoms with van der Waals surface area (Å²) >= 11 is 9.22. The lowest BCUT2D eigenvalue weighted by Gasteiger charge is -2.11. The van der Waals surface area contributed by atoms with E-state index in [1.165, 1.54) is 18.2 Å². The van der Waals surface area contributed by atoms with Gasteiger partial charge < -0.3 is 10.1 Å². The van der Waals surface area contributed by atoms with E-state index >= 15 is 0 Å². The van der Waals surface area contributed by atoms with Crippen molar-refractivity contribution in [1.29, 1.82) is 0 Å². The van der Waals surface area contributed by atoms with Crippen LogP contribution in [0.3, 0.4) is 0 Å². The summed E-state index contributed by atoms with van der Waals surface area (Å²) in [5.41, 5.74) is 0.358. The third kappa shape index (κ3) is 4.15. The first-order chi connectivity index (χ1) is 9.97. The van der Waals surface area contributed by atoms with Crippen molar-refractivity contribution in [3.8, 4) is 5.75 Å². The Morgan fingerprint density at radius 2 is 1.95 bits per heavy atom. The van der Waals surface area contributed by atoms with Crippen LogP contribution >= 0.6 is 27.5 Å². The van der Waals surface area contributed by atoms with Gasteiger partial charge in [-0.15, -0.1) is 0 Å². The number of ether oxygens (including phenoxy) is 1. The van der Waals surface area contributed by atoms with Gasteiger partial charge in [-0.3, -0.25) is 4.79 Å². The van der Waals surface area contributed by atoms with Crippen LogP contribution in [0.5, 0.6) is 5.75 Å². The third-order valence-corrected chi connectivity index (χ3v) is 3.35. The molecule has 0 radical (unpaired) electrons. The minimum absolute atomic E-state index is 0.00570. The van der Waals surface area contributed by atoms with Gasteiger partial charge in [0.25, 0.3) is 5.91 Å². The Labute approximate surface area is 133 Å². The zero-order chi connectivity index (χ0) is 15.4. The highest BCUT2D eigenvalue weighted by Gasteiger charge is 2.16. The molecule has 0 saturated carbocycles. The largest absolute Gasteiger partial charge is 0.434 e. The summed E-state index contributed by atoms with van der Waals surface area (Å²) < 4.78 is 29.7. The van der Waals surface area contributed by atoms with Crippen molar-refractivity contribution in [1.82, 2.24) is 0 Å². The molecule has 7 heteroatoms. The van der Waals surface area contributed by atoms with E-state index in [0.717, 1.165) is 4.47 Å². The highest BCUT2D eigenvalue weighted by molar-refractivity contribution is 9.10. The van der Waals surface area contributed by atoms with Crippen molar-refractivity contribution < 1.29 is 18.3 Å². The van der Waals surface area contributed by atoms with Crippen molar-refractivity contribution in [2.75, 3.05) is 5.32 Å². The van der Waals surface area contributed by atoms with Gasteiger partial charge in [-0.25, -0.2) is 0 Å². The van der Waals surface area contributed by atoms with E-state index in [9.17, 15) is 13.6 Å². The molecule has 0 heterocycles. The average Bonchev–Trinajstić information content (AvgIpc) is 2.42. The summed E-state index contributed by atoms with van der Waals surface area (Å²) in [6.07, 6.45) is 0. The van der Waals surface area contributed by atoms with E-state index in [4.69, 9.17) is 11.6 Å². The van der Waals surface area contributed by atoms with Crippen LogP contribution in [0.4, 0.5) is 14.5 Å². The Hall–Kier alpha value is -1.66. The third-order valence-electron chi connectivity index (χ3n) is 2.52. The normalized spacial score (nSPS) is 10.5. The SMILES string of the molecule is O=C(Nc1cc(Br)ccc1Cl)c1ccccc1OC(F)F. The zero-order valence-corrected chi connectivity index (χ0v) is 12.8. The molecule has 2 rings (SSSR count). The van der Waals surface area contributed by atoms with Crippen molar-refractivity contribution in [3.05, 3.63) is 57.5 Å². The topological polar surface area (TPSA) is 38.3 Å². The number of benzene rings is 2. The second-order valence-corrected chi connectivity index (χ2v) is 5.28. The number of amides is 1. The maximum absolute atomic E-state index is 12.3. The lowest BCUT2D eigenvalue weighted by molar-refractivity contribution is -0.0501. The lowest BCUT2D eigenvalue weighted by Crippen LogP contribution is -2.15. The monoisotopic (exact) mass is 375 g/mol. The standard InChI is InChI=1S/C14H9BrClF2NO2/c15-8-5-6-10(16)11(7-8)19-13(20)9-3-1-2-4-12(9)21-14(17)18/h1-7,14H,(H,19,20). The van der Waals surface area contributed by atoms with E-state index in [-0.39, 0.29) is 11.3 Å². The van der Waals surface area contributed by atoms with Crippen molar-refractivity contribution in [2.45, 2.75) is 6.61 Å². The van der Waals surface area contributed by atoms with Crippen LogP contribution < -0.4 is 10.1 Å². The summed E-state index contributed by atoms with van der Waals surface area (Å²) in [7, 11) is 0. The molecule has 21 heavy (non-hydrogen) atoms. The second kappa shape index (κ2) is 6.87. The molecule has 1 amide bonds. The van der Waals surface area contributed by atoms with Gasteiger partial charge >= 0.3 is 6.61 Å². The van der Waals surface area contributed by atoms with E-state index in [1.54, 1.807) is 24.3 Å². The summed E-state index contributed by atoms with van der Waals surface area (Å²) in [6, 6.07) is 10.7. The molecule has 1 N–H and O–H groups in total. The van der Waals surface area contributed by atoms with Crippen LogP contribution in [0.1, 0.15) is 10.4 Å². The summed E-state index contributed by atoms with van der Waals surface area (Å²) in [6.45, 7) is -3.01. The van der Waals surface area contributed by atoms with E-state index in [1.807, 2.05) is 0 Å². The number of rotatable bonds is 4. The number of hydrogen-bond donors (Lipinski definition) is 1. The van der Waals surface area contributed by atoms with Gasteiger partial charge in [-0.2, -0.15) is 8.78 Å². The highest BCUT2D eigenvalue weighted by Crippen LogP contribution is 2.27. The molecule has 0 aliphatic carbocycles. The van der Waals surface area contributed by atoms with Gasteiger partial charge in [-0.05, 0) is 30.3 Å². The average molecular weight is 377 g/mol. The quantitative estimate of drug-likeness (QED) is 0.819. The van der Waals surface area contributed by atoms with Crippen molar-refractivity contribution >= 4 is 39.1 Å². The maximum Gasteiger partial charge on any atom is 0.387 e. The summed E-state index contributed by atoms with van der Waals surface area (Å²) in [5.74, 6) is -0.789. The van der Waals surface area contributed by atoms with Gasteiger partial charge in [0.2, 0.25) is 0 Å². The van der Waals surface area contributed by atoms with Crippen LogP contribution in [-0.4, -0.2) is 12.5 Å². The summed E-state index contributed by atoms with van der Waals surface area (Å²) in [4.78, 5) is 12.2. The number of anilines is 1. The maximum atomic E-state index is 12.3. The molecule has 110 valence electrons. The van der Waals surface area contributed by atoms with Gasteiger partial charge in [0.15, 0.2) is 0 Å². The second-order valence-electron chi connectivity index (χ2n) is 3.95. The number of halogens is 4. The smallest absolute Gasteiger partial charge is 0.387 e. The fourth-order valence-electron chi connectivity index (χ4n) is 1.64. The molecule has 0 unspecified atom stereocenters. The number of hydrogen-bond acceptors (Lipinski definition) is 2. The van der Waals surface area contributed by atoms with Crippen LogP contribution in [0.2, 0.25) is 5.02 Å². The minimum atomic E-state index is -3.01. The van der Waals surface area contributed by atoms with Gasteiger partial charge in [0.1, 0.15) is 5.75 Å². The first-order valence-electron chi connectivity index (χ1n) is 5.77. The number of carbonyl (C=O) groups excluding carboxylic acids is 1. The molecule has 0 bridgehead atoms. The predicted molar refractivity (Wildman–Crippen MR) is 80.2 cm³/mol. The van der Waals surface area contributed by atoms with Crippen LogP contribution in [-0.2, 0) is 0 Å². The van der Waals surface area contributed by atoms with Gasteiger partial charge in [0.05, 0.1) is 16.3 Å². The summed E-state index contributed by atoms with van der Waals surface area (Å²) in [5, 5.41) is 2.89. The minimum Gasteiger partial charge on any atom is -0.434 e. The first-order valence-corrected chi connectivity index (χ1v) is 6.94. The molecule has 0 saturated heterocycles. The van der Waals surface area contributed by atoms with Crippen LogP contribution in [0, 0.1) is 0 Å². The van der Waals surface area contributed by atoms with Gasteiger partial charge in [-0.1, -0.05) is 39.7 Å². The molecule has 2 aromatic carbocycles.